The monoisotopic (exact) mass is 209 g/mol. The smallest absolute Gasteiger partial charge is 0.162 e. The van der Waals surface area contributed by atoms with Crippen molar-refractivity contribution in [2.24, 2.45) is 0 Å². The zero-order valence-electron chi connectivity index (χ0n) is 8.56. The van der Waals surface area contributed by atoms with Crippen LogP contribution < -0.4 is 5.32 Å². The van der Waals surface area contributed by atoms with Crippen molar-refractivity contribution < 1.29 is 8.78 Å². The number of terminal acetylenes is 1. The van der Waals surface area contributed by atoms with Crippen LogP contribution in [0.1, 0.15) is 12.5 Å². The van der Waals surface area contributed by atoms with Crippen LogP contribution in [0.5, 0.6) is 0 Å². The largest absolute Gasteiger partial charge is 0.304 e. The van der Waals surface area contributed by atoms with Crippen LogP contribution in [0.4, 0.5) is 8.78 Å². The Labute approximate surface area is 88.5 Å². The number of hydrogen-bond donors (Lipinski definition) is 1. The van der Waals surface area contributed by atoms with Crippen molar-refractivity contribution in [3.63, 3.8) is 0 Å². The summed E-state index contributed by atoms with van der Waals surface area (Å²) in [6, 6.07) is 3.86. The molecule has 0 heterocycles. The fourth-order valence-corrected chi connectivity index (χ4v) is 1.36. The molecular formula is C12H13F2N. The molecule has 1 nitrogen and oxygen atoms in total. The van der Waals surface area contributed by atoms with Gasteiger partial charge in [0, 0.05) is 6.42 Å². The minimum Gasteiger partial charge on any atom is -0.304 e. The van der Waals surface area contributed by atoms with Crippen LogP contribution in [0, 0.1) is 24.0 Å². The van der Waals surface area contributed by atoms with Crippen LogP contribution in [0.15, 0.2) is 18.2 Å². The zero-order valence-corrected chi connectivity index (χ0v) is 8.56. The molecule has 1 aromatic rings. The Hall–Kier alpha value is -1.40. The summed E-state index contributed by atoms with van der Waals surface area (Å²) in [6.45, 7) is 2.61. The maximum absolute atomic E-state index is 13.3. The maximum atomic E-state index is 13.3. The Bertz CT molecular complexity index is 368. The second-order valence-corrected chi connectivity index (χ2v) is 3.19. The number of halogens is 2. The molecule has 1 atom stereocenters. The Morgan fingerprint density at radius 3 is 2.80 bits per heavy atom. The number of hydrogen-bond acceptors (Lipinski definition) is 1. The zero-order chi connectivity index (χ0) is 11.3. The minimum atomic E-state index is -0.834. The van der Waals surface area contributed by atoms with Gasteiger partial charge in [-0.2, -0.15) is 0 Å². The quantitative estimate of drug-likeness (QED) is 0.749. The lowest BCUT2D eigenvalue weighted by atomic mass is 10.1. The van der Waals surface area contributed by atoms with E-state index in [2.05, 4.69) is 11.2 Å². The van der Waals surface area contributed by atoms with Gasteiger partial charge in [0.1, 0.15) is 0 Å². The van der Waals surface area contributed by atoms with E-state index in [1.165, 1.54) is 6.07 Å². The first-order chi connectivity index (χ1) is 7.19. The second-order valence-electron chi connectivity index (χ2n) is 3.19. The van der Waals surface area contributed by atoms with Crippen LogP contribution in [-0.4, -0.2) is 12.6 Å². The van der Waals surface area contributed by atoms with Crippen molar-refractivity contribution in [2.45, 2.75) is 19.4 Å². The van der Waals surface area contributed by atoms with E-state index >= 15 is 0 Å². The highest BCUT2D eigenvalue weighted by molar-refractivity contribution is 5.22. The summed E-state index contributed by atoms with van der Waals surface area (Å²) in [4.78, 5) is 0. The third-order valence-corrected chi connectivity index (χ3v) is 2.11. The predicted octanol–water partition coefficient (Wildman–Crippen LogP) is 2.12. The molecule has 0 saturated heterocycles. The average molecular weight is 209 g/mol. The summed E-state index contributed by atoms with van der Waals surface area (Å²) in [7, 11) is 0. The van der Waals surface area contributed by atoms with Crippen molar-refractivity contribution in [3.05, 3.63) is 35.4 Å². The van der Waals surface area contributed by atoms with E-state index < -0.39 is 11.6 Å². The number of likely N-dealkylation sites (N-methyl/N-ethyl adjacent to an activating group) is 1. The molecule has 0 bridgehead atoms. The van der Waals surface area contributed by atoms with Gasteiger partial charge in [-0.3, -0.25) is 0 Å². The van der Waals surface area contributed by atoms with Gasteiger partial charge in [0.25, 0.3) is 0 Å². The van der Waals surface area contributed by atoms with Crippen molar-refractivity contribution in [2.75, 3.05) is 6.54 Å². The fraction of sp³-hybridized carbons (Fsp3) is 0.333. The standard InChI is InChI=1S/C12H13F2N/c1-3-10(15-4-2)8-9-6-5-7-11(13)12(9)14/h1,5-7,10,15H,4,8H2,2H3. The highest BCUT2D eigenvalue weighted by Crippen LogP contribution is 2.13. The molecule has 1 rings (SSSR count). The molecule has 1 unspecified atom stereocenters. The molecule has 1 aromatic carbocycles. The fourth-order valence-electron chi connectivity index (χ4n) is 1.36. The topological polar surface area (TPSA) is 12.0 Å². The molecule has 0 aliphatic carbocycles. The van der Waals surface area contributed by atoms with E-state index in [-0.39, 0.29) is 6.04 Å². The van der Waals surface area contributed by atoms with E-state index in [0.717, 1.165) is 6.07 Å². The molecule has 80 valence electrons. The van der Waals surface area contributed by atoms with Gasteiger partial charge < -0.3 is 5.32 Å². The van der Waals surface area contributed by atoms with Crippen LogP contribution in [-0.2, 0) is 6.42 Å². The molecule has 15 heavy (non-hydrogen) atoms. The van der Waals surface area contributed by atoms with Gasteiger partial charge >= 0.3 is 0 Å². The first-order valence-electron chi connectivity index (χ1n) is 4.81. The van der Waals surface area contributed by atoms with Crippen LogP contribution in [0.3, 0.4) is 0 Å². The highest BCUT2D eigenvalue weighted by Gasteiger charge is 2.11. The molecule has 0 aliphatic rings. The lowest BCUT2D eigenvalue weighted by Crippen LogP contribution is -2.29. The maximum Gasteiger partial charge on any atom is 0.162 e. The Balaban J connectivity index is 2.80. The molecule has 0 aromatic heterocycles. The first kappa shape index (κ1) is 11.7. The van der Waals surface area contributed by atoms with Gasteiger partial charge in [0.2, 0.25) is 0 Å². The highest BCUT2D eigenvalue weighted by atomic mass is 19.2. The summed E-state index contributed by atoms with van der Waals surface area (Å²) >= 11 is 0. The van der Waals surface area contributed by atoms with E-state index in [0.29, 0.717) is 18.5 Å². The van der Waals surface area contributed by atoms with Gasteiger partial charge in [-0.1, -0.05) is 25.0 Å². The molecule has 0 saturated carbocycles. The SMILES string of the molecule is C#CC(Cc1cccc(F)c1F)NCC. The Morgan fingerprint density at radius 1 is 1.47 bits per heavy atom. The summed E-state index contributed by atoms with van der Waals surface area (Å²) in [5, 5.41) is 3.00. The lowest BCUT2D eigenvalue weighted by Gasteiger charge is -2.11. The number of nitrogens with one attached hydrogen (secondary N) is 1. The lowest BCUT2D eigenvalue weighted by molar-refractivity contribution is 0.492. The molecule has 3 heteroatoms. The van der Waals surface area contributed by atoms with E-state index in [4.69, 9.17) is 6.42 Å². The average Bonchev–Trinajstić information content (AvgIpc) is 2.24. The van der Waals surface area contributed by atoms with Crippen LogP contribution >= 0.6 is 0 Å². The van der Waals surface area contributed by atoms with Gasteiger partial charge in [0.15, 0.2) is 11.6 Å². The molecule has 0 radical (unpaired) electrons. The van der Waals surface area contributed by atoms with E-state index in [1.807, 2.05) is 6.92 Å². The molecule has 0 spiro atoms. The van der Waals surface area contributed by atoms with E-state index in [1.54, 1.807) is 6.07 Å². The normalized spacial score (nSPS) is 12.1. The summed E-state index contributed by atoms with van der Waals surface area (Å²) in [6.07, 6.45) is 5.57. The molecule has 0 amide bonds. The molecular weight excluding hydrogens is 196 g/mol. The van der Waals surface area contributed by atoms with Gasteiger partial charge in [-0.15, -0.1) is 6.42 Å². The van der Waals surface area contributed by atoms with Gasteiger partial charge in [0.05, 0.1) is 6.04 Å². The third kappa shape index (κ3) is 3.03. The number of rotatable bonds is 4. The van der Waals surface area contributed by atoms with Gasteiger partial charge in [-0.05, 0) is 18.2 Å². The minimum absolute atomic E-state index is 0.258. The second kappa shape index (κ2) is 5.47. The molecule has 0 fully saturated rings. The Morgan fingerprint density at radius 2 is 2.20 bits per heavy atom. The van der Waals surface area contributed by atoms with Crippen molar-refractivity contribution in [3.8, 4) is 12.3 Å². The third-order valence-electron chi connectivity index (χ3n) is 2.11. The van der Waals surface area contributed by atoms with Crippen molar-refractivity contribution >= 4 is 0 Å². The summed E-state index contributed by atoms with van der Waals surface area (Å²) in [5.74, 6) is 0.855. The molecule has 0 aliphatic heterocycles. The summed E-state index contributed by atoms with van der Waals surface area (Å²) < 4.78 is 26.1. The van der Waals surface area contributed by atoms with Crippen molar-refractivity contribution in [1.82, 2.24) is 5.32 Å². The van der Waals surface area contributed by atoms with Crippen LogP contribution in [0.2, 0.25) is 0 Å². The Kier molecular flexibility index (Phi) is 4.26. The van der Waals surface area contributed by atoms with E-state index in [9.17, 15) is 8.78 Å². The predicted molar refractivity (Wildman–Crippen MR) is 56.4 cm³/mol. The van der Waals surface area contributed by atoms with Crippen molar-refractivity contribution in [1.29, 1.82) is 0 Å². The molecule has 1 N–H and O–H groups in total. The van der Waals surface area contributed by atoms with Gasteiger partial charge in [-0.25, -0.2) is 8.78 Å². The summed E-state index contributed by atoms with van der Waals surface area (Å²) in [5.41, 5.74) is 0.305. The number of benzene rings is 1. The first-order valence-corrected chi connectivity index (χ1v) is 4.81. The van der Waals surface area contributed by atoms with Crippen LogP contribution in [0.25, 0.3) is 0 Å².